The number of methoxy groups -OCH3 is 1. The maximum atomic E-state index is 12.1. The molecular weight excluding hydrogens is 266 g/mol. The van der Waals surface area contributed by atoms with Crippen LogP contribution in [0.5, 0.6) is 5.75 Å². The topological polar surface area (TPSA) is 58.6 Å². The standard InChI is InChI=1S/C17H19NO3/c1-21-16-10-6-5-9-15(16)17(20)18-12-14(19)11-13-7-3-2-4-8-13/h2-10,14,19H,11-12H2,1H3,(H,18,20). The van der Waals surface area contributed by atoms with Gasteiger partial charge in [-0.3, -0.25) is 4.79 Å². The number of ether oxygens (including phenoxy) is 1. The summed E-state index contributed by atoms with van der Waals surface area (Å²) in [6.07, 6.45) is -0.112. The van der Waals surface area contributed by atoms with E-state index in [-0.39, 0.29) is 12.5 Å². The fourth-order valence-corrected chi connectivity index (χ4v) is 2.10. The second-order valence-electron chi connectivity index (χ2n) is 4.75. The summed E-state index contributed by atoms with van der Waals surface area (Å²) in [5, 5.41) is 12.7. The molecule has 4 heteroatoms. The molecular formula is C17H19NO3. The van der Waals surface area contributed by atoms with E-state index in [0.717, 1.165) is 5.56 Å². The zero-order valence-corrected chi connectivity index (χ0v) is 12.0. The van der Waals surface area contributed by atoms with Crippen molar-refractivity contribution in [1.82, 2.24) is 5.32 Å². The van der Waals surface area contributed by atoms with E-state index in [1.54, 1.807) is 24.3 Å². The van der Waals surface area contributed by atoms with E-state index in [0.29, 0.717) is 17.7 Å². The molecule has 0 fully saturated rings. The number of hydrogen-bond donors (Lipinski definition) is 2. The average Bonchev–Trinajstić information content (AvgIpc) is 2.53. The van der Waals surface area contributed by atoms with E-state index < -0.39 is 6.10 Å². The highest BCUT2D eigenvalue weighted by Gasteiger charge is 2.13. The molecule has 2 aromatic carbocycles. The van der Waals surface area contributed by atoms with E-state index in [1.807, 2.05) is 30.3 Å². The zero-order chi connectivity index (χ0) is 15.1. The maximum Gasteiger partial charge on any atom is 0.255 e. The molecule has 0 aromatic heterocycles. The molecule has 110 valence electrons. The van der Waals surface area contributed by atoms with Crippen LogP contribution < -0.4 is 10.1 Å². The second kappa shape index (κ2) is 7.45. The van der Waals surface area contributed by atoms with Gasteiger partial charge in [0.05, 0.1) is 18.8 Å². The number of carbonyl (C=O) groups is 1. The van der Waals surface area contributed by atoms with Crippen molar-refractivity contribution < 1.29 is 14.6 Å². The van der Waals surface area contributed by atoms with Crippen LogP contribution in [0.2, 0.25) is 0 Å². The van der Waals surface area contributed by atoms with Gasteiger partial charge in [0.2, 0.25) is 0 Å². The lowest BCUT2D eigenvalue weighted by molar-refractivity contribution is 0.0913. The van der Waals surface area contributed by atoms with Crippen molar-refractivity contribution in [1.29, 1.82) is 0 Å². The van der Waals surface area contributed by atoms with E-state index in [9.17, 15) is 9.90 Å². The first-order valence-corrected chi connectivity index (χ1v) is 6.84. The summed E-state index contributed by atoms with van der Waals surface area (Å²) in [4.78, 5) is 12.1. The molecule has 0 spiro atoms. The molecule has 2 rings (SSSR count). The predicted molar refractivity (Wildman–Crippen MR) is 81.5 cm³/mol. The Morgan fingerprint density at radius 1 is 1.14 bits per heavy atom. The van der Waals surface area contributed by atoms with Gasteiger partial charge in [-0.1, -0.05) is 42.5 Å². The number of benzene rings is 2. The Morgan fingerprint density at radius 2 is 1.81 bits per heavy atom. The molecule has 4 nitrogen and oxygen atoms in total. The van der Waals surface area contributed by atoms with E-state index in [4.69, 9.17) is 4.74 Å². The van der Waals surface area contributed by atoms with Crippen LogP contribution in [0.15, 0.2) is 54.6 Å². The summed E-state index contributed by atoms with van der Waals surface area (Å²) >= 11 is 0. The van der Waals surface area contributed by atoms with E-state index in [1.165, 1.54) is 7.11 Å². The first-order chi connectivity index (χ1) is 10.2. The number of carbonyl (C=O) groups excluding carboxylic acids is 1. The summed E-state index contributed by atoms with van der Waals surface area (Å²) in [7, 11) is 1.52. The minimum absolute atomic E-state index is 0.200. The van der Waals surface area contributed by atoms with Gasteiger partial charge in [-0.25, -0.2) is 0 Å². The normalized spacial score (nSPS) is 11.7. The van der Waals surface area contributed by atoms with Gasteiger partial charge in [0.1, 0.15) is 5.75 Å². The smallest absolute Gasteiger partial charge is 0.255 e. The number of rotatable bonds is 6. The molecule has 0 aliphatic rings. The number of para-hydroxylation sites is 1. The average molecular weight is 285 g/mol. The molecule has 0 heterocycles. The highest BCUT2D eigenvalue weighted by Crippen LogP contribution is 2.16. The maximum absolute atomic E-state index is 12.1. The first kappa shape index (κ1) is 15.1. The van der Waals surface area contributed by atoms with Gasteiger partial charge in [0.15, 0.2) is 0 Å². The predicted octanol–water partition coefficient (Wildman–Crippen LogP) is 2.03. The SMILES string of the molecule is COc1ccccc1C(=O)NCC(O)Cc1ccccc1. The van der Waals surface area contributed by atoms with Crippen LogP contribution in [-0.4, -0.2) is 30.8 Å². The molecule has 21 heavy (non-hydrogen) atoms. The molecule has 0 saturated carbocycles. The highest BCUT2D eigenvalue weighted by atomic mass is 16.5. The van der Waals surface area contributed by atoms with Crippen molar-refractivity contribution in [2.24, 2.45) is 0 Å². The Morgan fingerprint density at radius 3 is 2.52 bits per heavy atom. The van der Waals surface area contributed by atoms with Crippen molar-refractivity contribution in [3.05, 3.63) is 65.7 Å². The van der Waals surface area contributed by atoms with Crippen molar-refractivity contribution in [2.45, 2.75) is 12.5 Å². The second-order valence-corrected chi connectivity index (χ2v) is 4.75. The van der Waals surface area contributed by atoms with Gasteiger partial charge in [-0.15, -0.1) is 0 Å². The molecule has 2 aromatic rings. The number of aliphatic hydroxyl groups excluding tert-OH is 1. The van der Waals surface area contributed by atoms with Crippen molar-refractivity contribution in [3.8, 4) is 5.75 Å². The molecule has 2 N–H and O–H groups in total. The third-order valence-corrected chi connectivity index (χ3v) is 3.16. The van der Waals surface area contributed by atoms with Crippen molar-refractivity contribution in [2.75, 3.05) is 13.7 Å². The number of hydrogen-bond acceptors (Lipinski definition) is 3. The lowest BCUT2D eigenvalue weighted by atomic mass is 10.1. The van der Waals surface area contributed by atoms with Crippen LogP contribution >= 0.6 is 0 Å². The third kappa shape index (κ3) is 4.33. The number of amides is 1. The fraction of sp³-hybridized carbons (Fsp3) is 0.235. The van der Waals surface area contributed by atoms with Crippen LogP contribution in [0.25, 0.3) is 0 Å². The van der Waals surface area contributed by atoms with E-state index >= 15 is 0 Å². The van der Waals surface area contributed by atoms with Gasteiger partial charge >= 0.3 is 0 Å². The summed E-state index contributed by atoms with van der Waals surface area (Å²) in [6, 6.07) is 16.7. The summed E-state index contributed by atoms with van der Waals surface area (Å²) in [5.74, 6) is 0.270. The summed E-state index contributed by atoms with van der Waals surface area (Å²) in [6.45, 7) is 0.200. The van der Waals surface area contributed by atoms with E-state index in [2.05, 4.69) is 5.32 Å². The van der Waals surface area contributed by atoms with Crippen LogP contribution in [0, 0.1) is 0 Å². The van der Waals surface area contributed by atoms with Crippen LogP contribution in [0.4, 0.5) is 0 Å². The Labute approximate surface area is 124 Å². The molecule has 0 saturated heterocycles. The molecule has 0 bridgehead atoms. The van der Waals surface area contributed by atoms with Gasteiger partial charge in [-0.2, -0.15) is 0 Å². The number of nitrogens with one attached hydrogen (secondary N) is 1. The molecule has 0 aliphatic carbocycles. The Kier molecular flexibility index (Phi) is 5.35. The van der Waals surface area contributed by atoms with Crippen LogP contribution in [0.1, 0.15) is 15.9 Å². The van der Waals surface area contributed by atoms with Gasteiger partial charge < -0.3 is 15.2 Å². The lowest BCUT2D eigenvalue weighted by Crippen LogP contribution is -2.33. The lowest BCUT2D eigenvalue weighted by Gasteiger charge is -2.13. The minimum Gasteiger partial charge on any atom is -0.496 e. The zero-order valence-electron chi connectivity index (χ0n) is 12.0. The summed E-state index contributed by atoms with van der Waals surface area (Å²) in [5.41, 5.74) is 1.50. The van der Waals surface area contributed by atoms with Crippen molar-refractivity contribution >= 4 is 5.91 Å². The third-order valence-electron chi connectivity index (χ3n) is 3.16. The Hall–Kier alpha value is -2.33. The van der Waals surface area contributed by atoms with Crippen LogP contribution in [0.3, 0.4) is 0 Å². The first-order valence-electron chi connectivity index (χ1n) is 6.84. The van der Waals surface area contributed by atoms with Crippen LogP contribution in [-0.2, 0) is 6.42 Å². The molecule has 1 unspecified atom stereocenters. The number of aliphatic hydroxyl groups is 1. The van der Waals surface area contributed by atoms with Gasteiger partial charge in [0.25, 0.3) is 5.91 Å². The molecule has 1 atom stereocenters. The monoisotopic (exact) mass is 285 g/mol. The molecule has 1 amide bonds. The minimum atomic E-state index is -0.619. The highest BCUT2D eigenvalue weighted by molar-refractivity contribution is 5.96. The largest absolute Gasteiger partial charge is 0.496 e. The Balaban J connectivity index is 1.89. The quantitative estimate of drug-likeness (QED) is 0.854. The van der Waals surface area contributed by atoms with Gasteiger partial charge in [-0.05, 0) is 17.7 Å². The molecule has 0 radical (unpaired) electrons. The Bertz CT molecular complexity index is 584. The van der Waals surface area contributed by atoms with Gasteiger partial charge in [0, 0.05) is 13.0 Å². The van der Waals surface area contributed by atoms with Crippen molar-refractivity contribution in [3.63, 3.8) is 0 Å². The summed E-state index contributed by atoms with van der Waals surface area (Å²) < 4.78 is 5.15. The molecule has 0 aliphatic heterocycles. The fourth-order valence-electron chi connectivity index (χ4n) is 2.10.